The molecule has 1 amide bonds. The number of thioether (sulfide) groups is 1. The Morgan fingerprint density at radius 1 is 1.38 bits per heavy atom. The first-order valence-corrected chi connectivity index (χ1v) is 7.80. The van der Waals surface area contributed by atoms with Crippen LogP contribution in [0.25, 0.3) is 0 Å². The second-order valence-corrected chi connectivity index (χ2v) is 6.15. The quantitative estimate of drug-likeness (QED) is 0.844. The van der Waals surface area contributed by atoms with Crippen LogP contribution in [0.1, 0.15) is 13.3 Å². The van der Waals surface area contributed by atoms with Crippen molar-refractivity contribution >= 4 is 23.6 Å². The summed E-state index contributed by atoms with van der Waals surface area (Å²) in [7, 11) is 1.60. The number of likely N-dealkylation sites (tertiary alicyclic amines) is 1. The number of carboxylic acids is 1. The number of carbonyl (C=O) groups excluding carboxylic acids is 1. The van der Waals surface area contributed by atoms with Crippen LogP contribution in [0.15, 0.2) is 29.2 Å². The molecular weight excluding hydrogens is 290 g/mol. The summed E-state index contributed by atoms with van der Waals surface area (Å²) in [4.78, 5) is 25.9. The minimum atomic E-state index is -0.914. The molecule has 2 atom stereocenters. The number of hydrogen-bond donors (Lipinski definition) is 1. The number of rotatable bonds is 5. The molecule has 0 aromatic heterocycles. The van der Waals surface area contributed by atoms with E-state index >= 15 is 0 Å². The fraction of sp³-hybridized carbons (Fsp3) is 0.467. The van der Waals surface area contributed by atoms with E-state index in [9.17, 15) is 14.7 Å². The van der Waals surface area contributed by atoms with Gasteiger partial charge in [-0.15, -0.1) is 11.8 Å². The van der Waals surface area contributed by atoms with Crippen molar-refractivity contribution in [3.63, 3.8) is 0 Å². The Labute approximate surface area is 128 Å². The number of amides is 1. The van der Waals surface area contributed by atoms with Gasteiger partial charge in [0.15, 0.2) is 0 Å². The van der Waals surface area contributed by atoms with Gasteiger partial charge in [-0.25, -0.2) is 4.79 Å². The zero-order chi connectivity index (χ0) is 15.4. The van der Waals surface area contributed by atoms with Crippen molar-refractivity contribution in [1.82, 2.24) is 4.90 Å². The summed E-state index contributed by atoms with van der Waals surface area (Å²) in [6.45, 7) is 2.41. The summed E-state index contributed by atoms with van der Waals surface area (Å²) < 4.78 is 5.08. The van der Waals surface area contributed by atoms with Crippen LogP contribution in [-0.4, -0.2) is 47.3 Å². The Balaban J connectivity index is 1.93. The van der Waals surface area contributed by atoms with E-state index in [1.165, 1.54) is 16.7 Å². The van der Waals surface area contributed by atoms with Gasteiger partial charge in [-0.1, -0.05) is 6.92 Å². The van der Waals surface area contributed by atoms with Crippen molar-refractivity contribution in [3.8, 4) is 5.75 Å². The molecule has 0 bridgehead atoms. The number of nitrogens with zero attached hydrogens (tertiary/aromatic N) is 1. The molecule has 0 radical (unpaired) electrons. The SMILES string of the molecule is COc1ccc(SCC(=O)N2CCC(C)C2C(=O)O)cc1. The van der Waals surface area contributed by atoms with Gasteiger partial charge in [0.05, 0.1) is 12.9 Å². The number of hydrogen-bond acceptors (Lipinski definition) is 4. The number of aliphatic carboxylic acids is 1. The van der Waals surface area contributed by atoms with E-state index in [0.29, 0.717) is 6.54 Å². The van der Waals surface area contributed by atoms with Crippen LogP contribution in [0.5, 0.6) is 5.75 Å². The molecule has 1 saturated heterocycles. The van der Waals surface area contributed by atoms with Crippen LogP contribution >= 0.6 is 11.8 Å². The summed E-state index contributed by atoms with van der Waals surface area (Å²) in [6, 6.07) is 6.76. The Hall–Kier alpha value is -1.69. The maximum Gasteiger partial charge on any atom is 0.326 e. The number of carbonyl (C=O) groups is 2. The van der Waals surface area contributed by atoms with Crippen LogP contribution in [0.3, 0.4) is 0 Å². The minimum absolute atomic E-state index is 0.0115. The Kier molecular flexibility index (Phi) is 5.12. The lowest BCUT2D eigenvalue weighted by atomic mass is 10.0. The summed E-state index contributed by atoms with van der Waals surface area (Å²) in [5.74, 6) is 0.000758. The van der Waals surface area contributed by atoms with E-state index in [1.54, 1.807) is 7.11 Å². The Morgan fingerprint density at radius 2 is 2.05 bits per heavy atom. The maximum atomic E-state index is 12.2. The third-order valence-electron chi connectivity index (χ3n) is 3.70. The van der Waals surface area contributed by atoms with Crippen LogP contribution in [0, 0.1) is 5.92 Å². The summed E-state index contributed by atoms with van der Waals surface area (Å²) in [5.41, 5.74) is 0. The van der Waals surface area contributed by atoms with E-state index < -0.39 is 12.0 Å². The van der Waals surface area contributed by atoms with Gasteiger partial charge in [0.25, 0.3) is 0 Å². The van der Waals surface area contributed by atoms with Gasteiger partial charge in [0, 0.05) is 11.4 Å². The lowest BCUT2D eigenvalue weighted by Gasteiger charge is -2.23. The molecule has 0 spiro atoms. The topological polar surface area (TPSA) is 66.8 Å². The van der Waals surface area contributed by atoms with E-state index in [2.05, 4.69) is 0 Å². The van der Waals surface area contributed by atoms with Gasteiger partial charge < -0.3 is 14.7 Å². The summed E-state index contributed by atoms with van der Waals surface area (Å²) in [5, 5.41) is 9.23. The van der Waals surface area contributed by atoms with E-state index in [0.717, 1.165) is 17.1 Å². The van der Waals surface area contributed by atoms with Gasteiger partial charge in [0.1, 0.15) is 11.8 Å². The molecule has 21 heavy (non-hydrogen) atoms. The zero-order valence-electron chi connectivity index (χ0n) is 12.1. The Morgan fingerprint density at radius 3 is 2.62 bits per heavy atom. The predicted octanol–water partition coefficient (Wildman–Crippen LogP) is 2.11. The molecule has 0 saturated carbocycles. The van der Waals surface area contributed by atoms with Gasteiger partial charge in [-0.05, 0) is 36.6 Å². The lowest BCUT2D eigenvalue weighted by molar-refractivity contribution is -0.148. The first-order valence-electron chi connectivity index (χ1n) is 6.82. The second-order valence-electron chi connectivity index (χ2n) is 5.10. The van der Waals surface area contributed by atoms with Crippen molar-refractivity contribution in [3.05, 3.63) is 24.3 Å². The molecule has 5 nitrogen and oxygen atoms in total. The monoisotopic (exact) mass is 309 g/mol. The van der Waals surface area contributed by atoms with E-state index in [-0.39, 0.29) is 17.6 Å². The lowest BCUT2D eigenvalue weighted by Crippen LogP contribution is -2.43. The largest absolute Gasteiger partial charge is 0.497 e. The maximum absolute atomic E-state index is 12.2. The van der Waals surface area contributed by atoms with Gasteiger partial charge >= 0.3 is 5.97 Å². The molecule has 2 rings (SSSR count). The predicted molar refractivity (Wildman–Crippen MR) is 80.6 cm³/mol. The van der Waals surface area contributed by atoms with E-state index in [4.69, 9.17) is 4.74 Å². The minimum Gasteiger partial charge on any atom is -0.497 e. The summed E-state index contributed by atoms with van der Waals surface area (Å²) in [6.07, 6.45) is 0.746. The molecule has 6 heteroatoms. The smallest absolute Gasteiger partial charge is 0.326 e. The van der Waals surface area contributed by atoms with Gasteiger partial charge in [0.2, 0.25) is 5.91 Å². The van der Waals surface area contributed by atoms with Crippen molar-refractivity contribution in [2.24, 2.45) is 5.92 Å². The van der Waals surface area contributed by atoms with Crippen molar-refractivity contribution in [2.75, 3.05) is 19.4 Å². The van der Waals surface area contributed by atoms with Crippen LogP contribution in [0.4, 0.5) is 0 Å². The average Bonchev–Trinajstić information content (AvgIpc) is 2.87. The fourth-order valence-electron chi connectivity index (χ4n) is 2.50. The third-order valence-corrected chi connectivity index (χ3v) is 4.69. The van der Waals surface area contributed by atoms with Crippen molar-refractivity contribution in [2.45, 2.75) is 24.3 Å². The first kappa shape index (κ1) is 15.7. The van der Waals surface area contributed by atoms with Gasteiger partial charge in [-0.2, -0.15) is 0 Å². The average molecular weight is 309 g/mol. The molecule has 1 aliphatic heterocycles. The molecule has 1 aromatic rings. The highest BCUT2D eigenvalue weighted by molar-refractivity contribution is 8.00. The second kappa shape index (κ2) is 6.85. The molecule has 1 aliphatic rings. The summed E-state index contributed by atoms with van der Waals surface area (Å²) >= 11 is 1.41. The number of methoxy groups -OCH3 is 1. The normalized spacial score (nSPS) is 21.3. The van der Waals surface area contributed by atoms with Crippen LogP contribution in [0.2, 0.25) is 0 Å². The standard InChI is InChI=1S/C15H19NO4S/c1-10-7-8-16(14(10)15(18)19)13(17)9-21-12-5-3-11(20-2)4-6-12/h3-6,10,14H,7-9H2,1-2H3,(H,18,19). The van der Waals surface area contributed by atoms with Crippen molar-refractivity contribution in [1.29, 1.82) is 0 Å². The molecule has 1 heterocycles. The molecule has 0 aliphatic carbocycles. The molecule has 1 aromatic carbocycles. The highest BCUT2D eigenvalue weighted by Crippen LogP contribution is 2.27. The number of benzene rings is 1. The van der Waals surface area contributed by atoms with Crippen LogP contribution < -0.4 is 4.74 Å². The van der Waals surface area contributed by atoms with E-state index in [1.807, 2.05) is 31.2 Å². The fourth-order valence-corrected chi connectivity index (χ4v) is 3.29. The van der Waals surface area contributed by atoms with Crippen LogP contribution in [-0.2, 0) is 9.59 Å². The number of ether oxygens (including phenoxy) is 1. The third kappa shape index (κ3) is 3.69. The first-order chi connectivity index (χ1) is 10.0. The number of carboxylic acid groups (broad SMARTS) is 1. The highest BCUT2D eigenvalue weighted by atomic mass is 32.2. The molecule has 2 unspecified atom stereocenters. The molecule has 1 fully saturated rings. The van der Waals surface area contributed by atoms with Gasteiger partial charge in [-0.3, -0.25) is 4.79 Å². The molecule has 114 valence electrons. The highest BCUT2D eigenvalue weighted by Gasteiger charge is 2.39. The zero-order valence-corrected chi connectivity index (χ0v) is 12.9. The molecule has 1 N–H and O–H groups in total. The van der Waals surface area contributed by atoms with Crippen molar-refractivity contribution < 1.29 is 19.4 Å². The molecular formula is C15H19NO4S. The Bertz CT molecular complexity index is 517.